The lowest BCUT2D eigenvalue weighted by atomic mass is 10.5. The summed E-state index contributed by atoms with van der Waals surface area (Å²) in [5.41, 5.74) is 0. The SMILES string of the molecule is CCC1=C(Cl)O1. The van der Waals surface area contributed by atoms with Gasteiger partial charge in [0.1, 0.15) is 0 Å². The number of hydrogen-bond acceptors (Lipinski definition) is 1. The molecule has 0 aromatic rings. The fourth-order valence-corrected chi connectivity index (χ4v) is 0.521. The van der Waals surface area contributed by atoms with Gasteiger partial charge in [-0.1, -0.05) is 6.92 Å². The highest BCUT2D eigenvalue weighted by atomic mass is 35.5. The maximum absolute atomic E-state index is 5.31. The minimum Gasteiger partial charge on any atom is -0.441 e. The monoisotopic (exact) mass is 104 g/mol. The molecule has 0 amide bonds. The molecule has 0 unspecified atom stereocenters. The molecule has 0 radical (unpaired) electrons. The van der Waals surface area contributed by atoms with E-state index in [1.807, 2.05) is 6.92 Å². The fraction of sp³-hybridized carbons (Fsp3) is 0.500. The zero-order chi connectivity index (χ0) is 4.57. The van der Waals surface area contributed by atoms with Crippen molar-refractivity contribution in [3.8, 4) is 0 Å². The quantitative estimate of drug-likeness (QED) is 0.495. The van der Waals surface area contributed by atoms with E-state index in [1.54, 1.807) is 0 Å². The Kier molecular flexibility index (Phi) is 0.771. The molecule has 1 heterocycles. The Morgan fingerprint density at radius 2 is 2.33 bits per heavy atom. The summed E-state index contributed by atoms with van der Waals surface area (Å²) in [6, 6.07) is 0. The highest BCUT2D eigenvalue weighted by Gasteiger charge is 2.18. The van der Waals surface area contributed by atoms with Gasteiger partial charge in [0, 0.05) is 6.42 Å². The van der Waals surface area contributed by atoms with E-state index in [1.165, 1.54) is 0 Å². The third-order valence-electron chi connectivity index (χ3n) is 0.711. The Hall–Kier alpha value is -0.170. The summed E-state index contributed by atoms with van der Waals surface area (Å²) in [5.74, 6) is 0.941. The third-order valence-corrected chi connectivity index (χ3v) is 0.999. The molecule has 0 atom stereocenters. The van der Waals surface area contributed by atoms with Gasteiger partial charge in [-0.25, -0.2) is 0 Å². The van der Waals surface area contributed by atoms with Crippen LogP contribution in [0.5, 0.6) is 0 Å². The summed E-state index contributed by atoms with van der Waals surface area (Å²) >= 11 is 5.31. The van der Waals surface area contributed by atoms with Crippen molar-refractivity contribution in [1.29, 1.82) is 0 Å². The Labute approximate surface area is 41.6 Å². The van der Waals surface area contributed by atoms with Crippen LogP contribution in [0.4, 0.5) is 0 Å². The average Bonchev–Trinajstić information content (AvgIpc) is 2.19. The van der Waals surface area contributed by atoms with Gasteiger partial charge in [-0.2, -0.15) is 0 Å². The Morgan fingerprint density at radius 1 is 1.83 bits per heavy atom. The second-order valence-electron chi connectivity index (χ2n) is 1.15. The fourth-order valence-electron chi connectivity index (χ4n) is 0.294. The topological polar surface area (TPSA) is 12.5 Å². The summed E-state index contributed by atoms with van der Waals surface area (Å²) in [5, 5.41) is 0.595. The first-order valence-corrected chi connectivity index (χ1v) is 2.29. The van der Waals surface area contributed by atoms with E-state index >= 15 is 0 Å². The van der Waals surface area contributed by atoms with Crippen molar-refractivity contribution in [2.45, 2.75) is 13.3 Å². The van der Waals surface area contributed by atoms with Crippen LogP contribution < -0.4 is 0 Å². The second-order valence-corrected chi connectivity index (χ2v) is 1.50. The van der Waals surface area contributed by atoms with Crippen LogP contribution in [0.2, 0.25) is 0 Å². The van der Waals surface area contributed by atoms with Gasteiger partial charge in [-0.15, -0.1) is 0 Å². The lowest BCUT2D eigenvalue weighted by Gasteiger charge is -1.66. The predicted molar refractivity (Wildman–Crippen MR) is 24.3 cm³/mol. The van der Waals surface area contributed by atoms with Gasteiger partial charge in [-0.05, 0) is 11.6 Å². The van der Waals surface area contributed by atoms with Crippen LogP contribution >= 0.6 is 11.6 Å². The molecule has 6 heavy (non-hydrogen) atoms. The molecule has 0 bridgehead atoms. The molecule has 2 heteroatoms. The standard InChI is InChI=1S/C4H5ClO/c1-2-3-4(5)6-3/h2H2,1H3. The smallest absolute Gasteiger partial charge is 0.232 e. The van der Waals surface area contributed by atoms with Crippen LogP contribution in [0, 0.1) is 0 Å². The normalized spacial score (nSPS) is 17.7. The molecule has 0 spiro atoms. The van der Waals surface area contributed by atoms with E-state index in [-0.39, 0.29) is 0 Å². The number of ether oxygens (including phenoxy) is 1. The largest absolute Gasteiger partial charge is 0.441 e. The highest BCUT2D eigenvalue weighted by Crippen LogP contribution is 2.31. The molecule has 1 nitrogen and oxygen atoms in total. The molecule has 0 saturated heterocycles. The molecule has 1 rings (SSSR count). The molecule has 1 aliphatic heterocycles. The lowest BCUT2D eigenvalue weighted by Crippen LogP contribution is -1.50. The molecular formula is C4H5ClO. The average molecular weight is 105 g/mol. The molecule has 1 aliphatic rings. The molecule has 0 fully saturated rings. The Bertz CT molecular complexity index is 95.7. The first-order chi connectivity index (χ1) is 2.84. The zero-order valence-electron chi connectivity index (χ0n) is 3.49. The molecular weight excluding hydrogens is 99.5 g/mol. The van der Waals surface area contributed by atoms with Crippen molar-refractivity contribution >= 4 is 11.6 Å². The van der Waals surface area contributed by atoms with Crippen molar-refractivity contribution in [1.82, 2.24) is 0 Å². The van der Waals surface area contributed by atoms with E-state index in [0.29, 0.717) is 5.22 Å². The van der Waals surface area contributed by atoms with E-state index in [0.717, 1.165) is 12.2 Å². The molecule has 0 aliphatic carbocycles. The van der Waals surface area contributed by atoms with Gasteiger partial charge < -0.3 is 4.74 Å². The van der Waals surface area contributed by atoms with Crippen LogP contribution in [-0.2, 0) is 4.74 Å². The van der Waals surface area contributed by atoms with Crippen LogP contribution in [0.1, 0.15) is 13.3 Å². The van der Waals surface area contributed by atoms with Crippen LogP contribution in [0.15, 0.2) is 11.0 Å². The maximum atomic E-state index is 5.31. The number of rotatable bonds is 1. The second kappa shape index (κ2) is 1.16. The van der Waals surface area contributed by atoms with Gasteiger partial charge >= 0.3 is 0 Å². The van der Waals surface area contributed by atoms with Crippen LogP contribution in [-0.4, -0.2) is 0 Å². The zero-order valence-corrected chi connectivity index (χ0v) is 4.25. The van der Waals surface area contributed by atoms with Gasteiger partial charge in [0.2, 0.25) is 5.22 Å². The summed E-state index contributed by atoms with van der Waals surface area (Å²) in [4.78, 5) is 0. The summed E-state index contributed by atoms with van der Waals surface area (Å²) in [6.45, 7) is 2.00. The number of halogens is 1. The van der Waals surface area contributed by atoms with Gasteiger partial charge in [0.15, 0.2) is 5.76 Å². The molecule has 0 N–H and O–H groups in total. The van der Waals surface area contributed by atoms with Gasteiger partial charge in [0.25, 0.3) is 0 Å². The third kappa shape index (κ3) is 0.500. The maximum Gasteiger partial charge on any atom is 0.232 e. The first-order valence-electron chi connectivity index (χ1n) is 1.91. The lowest BCUT2D eigenvalue weighted by molar-refractivity contribution is 0.478. The minimum atomic E-state index is 0.595. The summed E-state index contributed by atoms with van der Waals surface area (Å²) in [7, 11) is 0. The van der Waals surface area contributed by atoms with Crippen LogP contribution in [0.25, 0.3) is 0 Å². The predicted octanol–water partition coefficient (Wildman–Crippen LogP) is 1.83. The minimum absolute atomic E-state index is 0.595. The van der Waals surface area contributed by atoms with Crippen molar-refractivity contribution in [2.75, 3.05) is 0 Å². The van der Waals surface area contributed by atoms with Gasteiger partial charge in [-0.3, -0.25) is 0 Å². The van der Waals surface area contributed by atoms with E-state index in [9.17, 15) is 0 Å². The van der Waals surface area contributed by atoms with E-state index in [2.05, 4.69) is 4.74 Å². The number of hydrogen-bond donors (Lipinski definition) is 0. The van der Waals surface area contributed by atoms with Crippen molar-refractivity contribution < 1.29 is 4.74 Å². The Morgan fingerprint density at radius 3 is 2.33 bits per heavy atom. The molecule has 0 aromatic carbocycles. The molecule has 34 valence electrons. The van der Waals surface area contributed by atoms with E-state index < -0.39 is 0 Å². The number of allylic oxidation sites excluding steroid dienone is 1. The van der Waals surface area contributed by atoms with E-state index in [4.69, 9.17) is 11.6 Å². The Balaban J connectivity index is 2.38. The van der Waals surface area contributed by atoms with Crippen LogP contribution in [0.3, 0.4) is 0 Å². The highest BCUT2D eigenvalue weighted by molar-refractivity contribution is 6.30. The molecule has 0 saturated carbocycles. The summed E-state index contributed by atoms with van der Waals surface area (Å²) < 4.78 is 4.66. The first kappa shape index (κ1) is 4.00. The van der Waals surface area contributed by atoms with Crippen molar-refractivity contribution in [2.24, 2.45) is 0 Å². The summed E-state index contributed by atoms with van der Waals surface area (Å²) in [6.07, 6.45) is 0.929. The molecule has 0 aromatic heterocycles. The van der Waals surface area contributed by atoms with Crippen molar-refractivity contribution in [3.05, 3.63) is 11.0 Å². The van der Waals surface area contributed by atoms with Crippen molar-refractivity contribution in [3.63, 3.8) is 0 Å². The van der Waals surface area contributed by atoms with Gasteiger partial charge in [0.05, 0.1) is 0 Å².